The minimum Gasteiger partial charge on any atom is -0.381 e. The normalized spacial score (nSPS) is 44.9. The quantitative estimate of drug-likeness (QED) is 0.284. The van der Waals surface area contributed by atoms with Gasteiger partial charge in [-0.25, -0.2) is 5.84 Å². The van der Waals surface area contributed by atoms with Crippen molar-refractivity contribution in [2.75, 3.05) is 13.7 Å². The topological polar surface area (TPSA) is 93.9 Å². The van der Waals surface area contributed by atoms with Crippen LogP contribution in [0.1, 0.15) is 85.5 Å². The minimum absolute atomic E-state index is 0.0964. The molecule has 0 heterocycles. The molecule has 4 aliphatic carbocycles. The van der Waals surface area contributed by atoms with Crippen LogP contribution in [0.4, 0.5) is 0 Å². The number of nitrogens with two attached hydrogens (primary N) is 2. The first-order chi connectivity index (χ1) is 15.2. The molecule has 0 amide bonds. The van der Waals surface area contributed by atoms with E-state index >= 15 is 0 Å². The smallest absolute Gasteiger partial charge is 0.157 e. The Hall–Kier alpha value is -1.14. The van der Waals surface area contributed by atoms with Gasteiger partial charge in [0.2, 0.25) is 0 Å². The Balaban J connectivity index is 1.57. The monoisotopic (exact) mass is 446 g/mol. The predicted molar refractivity (Wildman–Crippen MR) is 128 cm³/mol. The van der Waals surface area contributed by atoms with Gasteiger partial charge in [-0.3, -0.25) is 9.80 Å². The lowest BCUT2D eigenvalue weighted by atomic mass is 9.42. The van der Waals surface area contributed by atoms with E-state index < -0.39 is 0 Å². The summed E-state index contributed by atoms with van der Waals surface area (Å²) in [6.45, 7) is 9.15. The van der Waals surface area contributed by atoms with E-state index in [2.05, 4.69) is 25.9 Å². The van der Waals surface area contributed by atoms with Crippen molar-refractivity contribution in [2.45, 2.75) is 91.6 Å². The van der Waals surface area contributed by atoms with Crippen molar-refractivity contribution in [3.63, 3.8) is 0 Å². The first-order valence-electron chi connectivity index (χ1n) is 13.0. The summed E-state index contributed by atoms with van der Waals surface area (Å²) in [5.74, 6) is 16.0. The average Bonchev–Trinajstić information content (AvgIpc) is 3.14. The number of Topliss-reactive ketones (excluding diaryl/α,β-unsaturated/α-hetero) is 1. The number of carbonyl (C=O) groups excluding carboxylic acids is 1. The van der Waals surface area contributed by atoms with Gasteiger partial charge in [0.05, 0.1) is 12.6 Å². The first kappa shape index (κ1) is 24.0. The first-order valence-corrected chi connectivity index (χ1v) is 13.0. The highest BCUT2D eigenvalue weighted by Gasteiger charge is 2.63. The van der Waals surface area contributed by atoms with Crippen LogP contribution in [-0.2, 0) is 9.53 Å². The molecule has 4 fully saturated rings. The lowest BCUT2D eigenvalue weighted by molar-refractivity contribution is -0.180. The maximum Gasteiger partial charge on any atom is 0.157 e. The Labute approximate surface area is 194 Å². The third kappa shape index (κ3) is 3.60. The van der Waals surface area contributed by atoms with Gasteiger partial charge in [-0.15, -0.1) is 0 Å². The number of hydrogen-bond donors (Lipinski definition) is 2. The third-order valence-corrected chi connectivity index (χ3v) is 10.9. The van der Waals surface area contributed by atoms with Gasteiger partial charge in [0.15, 0.2) is 5.78 Å². The molecule has 6 nitrogen and oxygen atoms in total. The second-order valence-electron chi connectivity index (χ2n) is 12.0. The fourth-order valence-corrected chi connectivity index (χ4v) is 9.20. The van der Waals surface area contributed by atoms with E-state index in [0.29, 0.717) is 23.3 Å². The Morgan fingerprint density at radius 2 is 1.91 bits per heavy atom. The molecule has 0 radical (unpaired) electrons. The molecule has 32 heavy (non-hydrogen) atoms. The largest absolute Gasteiger partial charge is 0.381 e. The highest BCUT2D eigenvalue weighted by atomic mass is 16.5. The molecule has 4 saturated carbocycles. The number of amidine groups is 1. The molecule has 182 valence electrons. The zero-order chi connectivity index (χ0) is 23.3. The van der Waals surface area contributed by atoms with Crippen molar-refractivity contribution in [1.82, 2.24) is 5.01 Å². The minimum atomic E-state index is 0.0964. The van der Waals surface area contributed by atoms with Crippen LogP contribution in [0, 0.1) is 46.3 Å². The molecule has 0 spiro atoms. The van der Waals surface area contributed by atoms with E-state index in [1.807, 2.05) is 7.11 Å². The summed E-state index contributed by atoms with van der Waals surface area (Å²) in [5.41, 5.74) is 0.426. The fraction of sp³-hybridized carbons (Fsp3) is 0.923. The lowest BCUT2D eigenvalue weighted by Crippen LogP contribution is -2.59. The Bertz CT molecular complexity index is 741. The Morgan fingerprint density at radius 1 is 1.16 bits per heavy atom. The fourth-order valence-electron chi connectivity index (χ4n) is 9.20. The Kier molecular flexibility index (Phi) is 6.68. The zero-order valence-corrected chi connectivity index (χ0v) is 21.0. The second-order valence-corrected chi connectivity index (χ2v) is 12.0. The summed E-state index contributed by atoms with van der Waals surface area (Å²) in [6.07, 6.45) is 11.6. The number of hydrogen-bond acceptors (Lipinski definition) is 5. The summed E-state index contributed by atoms with van der Waals surface area (Å²) < 4.78 is 6.11. The van der Waals surface area contributed by atoms with Gasteiger partial charge >= 0.3 is 0 Å². The number of nitrogens with zero attached hydrogens (tertiary/aromatic N) is 2. The standard InChI is InChI=1S/C26H46N4O2/c1-16-10-13-26(17(2)32-5)19(14-16)6-7-20-21-8-9-23(25(21,4)12-11-22(20)26)24(31)15-30(28)18(3)29-27/h16-17,19-23H,6-15,27-28H2,1-5H3/b29-18-. The molecule has 4 rings (SSSR count). The van der Waals surface area contributed by atoms with Gasteiger partial charge < -0.3 is 10.6 Å². The molecule has 0 saturated heterocycles. The lowest BCUT2D eigenvalue weighted by Gasteiger charge is -2.63. The van der Waals surface area contributed by atoms with Gasteiger partial charge in [0, 0.05) is 18.4 Å². The molecule has 4 aliphatic rings. The van der Waals surface area contributed by atoms with Crippen LogP contribution in [0.15, 0.2) is 5.10 Å². The van der Waals surface area contributed by atoms with E-state index in [4.69, 9.17) is 16.4 Å². The van der Waals surface area contributed by atoms with E-state index in [1.165, 1.54) is 50.0 Å². The third-order valence-electron chi connectivity index (χ3n) is 10.9. The number of ketones is 1. The average molecular weight is 447 g/mol. The number of ether oxygens (including phenoxy) is 1. The second kappa shape index (κ2) is 8.90. The van der Waals surface area contributed by atoms with Crippen molar-refractivity contribution >= 4 is 11.6 Å². The van der Waals surface area contributed by atoms with Gasteiger partial charge in [0.25, 0.3) is 0 Å². The highest BCUT2D eigenvalue weighted by molar-refractivity contribution is 5.89. The Morgan fingerprint density at radius 3 is 2.59 bits per heavy atom. The summed E-state index contributed by atoms with van der Waals surface area (Å²) in [6, 6.07) is 0. The molecule has 0 aromatic rings. The summed E-state index contributed by atoms with van der Waals surface area (Å²) in [7, 11) is 1.92. The molecular formula is C26H46N4O2. The van der Waals surface area contributed by atoms with Crippen LogP contribution >= 0.6 is 0 Å². The number of methoxy groups -OCH3 is 1. The van der Waals surface area contributed by atoms with Crippen molar-refractivity contribution in [1.29, 1.82) is 0 Å². The number of fused-ring (bicyclic) bond motifs is 5. The van der Waals surface area contributed by atoms with Crippen molar-refractivity contribution < 1.29 is 9.53 Å². The van der Waals surface area contributed by atoms with E-state index in [-0.39, 0.29) is 23.7 Å². The SMILES string of the molecule is COC(C)C12CCC(C)CC1CCC1C3CCC(C(=O)CN(N)/C(C)=N\N)C3(C)CCC12. The number of hydrazine groups is 1. The van der Waals surface area contributed by atoms with Crippen LogP contribution in [0.2, 0.25) is 0 Å². The summed E-state index contributed by atoms with van der Waals surface area (Å²) in [5, 5.41) is 5.06. The van der Waals surface area contributed by atoms with Crippen LogP contribution in [0.5, 0.6) is 0 Å². The van der Waals surface area contributed by atoms with Crippen molar-refractivity contribution in [3.05, 3.63) is 0 Å². The molecule has 0 bridgehead atoms. The van der Waals surface area contributed by atoms with E-state index in [0.717, 1.165) is 36.5 Å². The van der Waals surface area contributed by atoms with E-state index in [9.17, 15) is 4.79 Å². The molecule has 0 aromatic carbocycles. The highest BCUT2D eigenvalue weighted by Crippen LogP contribution is 2.69. The molecule has 6 heteroatoms. The number of carbonyl (C=O) groups is 1. The number of hydrazone groups is 1. The van der Waals surface area contributed by atoms with Crippen molar-refractivity contribution in [2.24, 2.45) is 63.1 Å². The predicted octanol–water partition coefficient (Wildman–Crippen LogP) is 4.33. The van der Waals surface area contributed by atoms with Gasteiger partial charge in [0.1, 0.15) is 5.84 Å². The zero-order valence-electron chi connectivity index (χ0n) is 21.0. The van der Waals surface area contributed by atoms with Gasteiger partial charge in [-0.1, -0.05) is 20.3 Å². The molecular weight excluding hydrogens is 400 g/mol. The molecule has 0 aromatic heterocycles. The number of rotatable bonds is 5. The van der Waals surface area contributed by atoms with Crippen molar-refractivity contribution in [3.8, 4) is 0 Å². The summed E-state index contributed by atoms with van der Waals surface area (Å²) >= 11 is 0. The maximum atomic E-state index is 13.3. The van der Waals surface area contributed by atoms with Crippen LogP contribution in [0.25, 0.3) is 0 Å². The molecule has 4 N–H and O–H groups in total. The molecule has 9 atom stereocenters. The van der Waals surface area contributed by atoms with E-state index in [1.54, 1.807) is 6.92 Å². The van der Waals surface area contributed by atoms with Crippen LogP contribution < -0.4 is 11.7 Å². The van der Waals surface area contributed by atoms with Gasteiger partial charge in [-0.05, 0) is 100 Å². The van der Waals surface area contributed by atoms with Crippen LogP contribution in [-0.4, -0.2) is 36.4 Å². The molecule has 0 aliphatic heterocycles. The summed E-state index contributed by atoms with van der Waals surface area (Å²) in [4.78, 5) is 13.3. The molecule has 9 unspecified atom stereocenters. The van der Waals surface area contributed by atoms with Crippen LogP contribution in [0.3, 0.4) is 0 Å². The van der Waals surface area contributed by atoms with Gasteiger partial charge in [-0.2, -0.15) is 5.10 Å². The maximum absolute atomic E-state index is 13.3.